The molecule has 1 atom stereocenters. The molecule has 0 aromatic heterocycles. The summed E-state index contributed by atoms with van der Waals surface area (Å²) in [6, 6.07) is 0. The first-order chi connectivity index (χ1) is 7.88. The van der Waals surface area contributed by atoms with Crippen LogP contribution in [0, 0.1) is 0 Å². The zero-order chi connectivity index (χ0) is 14.6. The van der Waals surface area contributed by atoms with Crippen LogP contribution in [0.5, 0.6) is 0 Å². The van der Waals surface area contributed by atoms with Crippen molar-refractivity contribution in [2.45, 2.75) is 70.8 Å². The Morgan fingerprint density at radius 2 is 1.67 bits per heavy atom. The van der Waals surface area contributed by atoms with Gasteiger partial charge in [0.2, 0.25) is 0 Å². The Balaban J connectivity index is 4.10. The molecule has 0 aliphatic carbocycles. The van der Waals surface area contributed by atoms with Crippen molar-refractivity contribution in [1.29, 1.82) is 0 Å². The van der Waals surface area contributed by atoms with E-state index in [0.717, 1.165) is 6.42 Å². The maximum Gasteiger partial charge on any atom is 0.191 e. The van der Waals surface area contributed by atoms with E-state index in [1.165, 1.54) is 0 Å². The van der Waals surface area contributed by atoms with E-state index in [-0.39, 0.29) is 9.79 Å². The Morgan fingerprint density at radius 3 is 2.06 bits per heavy atom. The minimum absolute atomic E-state index is 0.234. The smallest absolute Gasteiger partial charge is 0.191 e. The molecule has 0 aromatic rings. The van der Waals surface area contributed by atoms with Crippen molar-refractivity contribution in [3.8, 4) is 0 Å². The molecular weight excluding hydrogens is 262 g/mol. The van der Waals surface area contributed by atoms with Crippen LogP contribution in [-0.2, 0) is 15.4 Å². The Labute approximate surface area is 116 Å². The molecule has 0 aliphatic rings. The van der Waals surface area contributed by atoms with Crippen molar-refractivity contribution in [3.05, 3.63) is 0 Å². The fourth-order valence-electron chi connectivity index (χ4n) is 0.862. The highest BCUT2D eigenvalue weighted by molar-refractivity contribution is 7.85. The Morgan fingerprint density at radius 1 is 1.17 bits per heavy atom. The molecule has 5 heteroatoms. The quantitative estimate of drug-likeness (QED) is 0.437. The summed E-state index contributed by atoms with van der Waals surface area (Å²) in [5.74, 6) is 0. The van der Waals surface area contributed by atoms with Gasteiger partial charge in [0.25, 0.3) is 0 Å². The topological polar surface area (TPSA) is 38.7 Å². The van der Waals surface area contributed by atoms with E-state index in [0.29, 0.717) is 6.61 Å². The molecule has 0 aliphatic heterocycles. The van der Waals surface area contributed by atoms with Gasteiger partial charge in [-0.15, -0.1) is 0 Å². The lowest BCUT2D eigenvalue weighted by atomic mass is 10.2. The molecule has 3 nitrogen and oxygen atoms in total. The summed E-state index contributed by atoms with van der Waals surface area (Å²) in [7, 11) is -2.81. The lowest BCUT2D eigenvalue weighted by molar-refractivity contribution is 0.299. The van der Waals surface area contributed by atoms with Gasteiger partial charge in [0.05, 0.1) is 4.75 Å². The predicted octanol–water partition coefficient (Wildman–Crippen LogP) is 3.93. The van der Waals surface area contributed by atoms with Crippen LogP contribution in [-0.4, -0.2) is 30.1 Å². The van der Waals surface area contributed by atoms with E-state index >= 15 is 0 Å². The zero-order valence-electron chi connectivity index (χ0n) is 13.2. The zero-order valence-corrected chi connectivity index (χ0v) is 15.0. The Hall–Kier alpha value is -0.00312. The van der Waals surface area contributed by atoms with Crippen molar-refractivity contribution >= 4 is 25.5 Å². The third-order valence-corrected chi connectivity index (χ3v) is 9.14. The molecule has 0 aromatic carbocycles. The van der Waals surface area contributed by atoms with Gasteiger partial charge in [-0.3, -0.25) is 0 Å². The van der Waals surface area contributed by atoms with Gasteiger partial charge in [0, 0.05) is 19.2 Å². The van der Waals surface area contributed by atoms with Crippen molar-refractivity contribution in [2.75, 3.05) is 6.61 Å². The summed E-state index contributed by atoms with van der Waals surface area (Å²) in [5.41, 5.74) is 0. The molecule has 0 rings (SSSR count). The minimum atomic E-state index is -1.66. The molecule has 0 radical (unpaired) electrons. The highest BCUT2D eigenvalue weighted by Gasteiger charge is 2.36. The SMILES string of the molecule is CC(C)(C)[S@@](=O)N=CCCO[Si](C)(C)C(C)(C)C. The van der Waals surface area contributed by atoms with Gasteiger partial charge >= 0.3 is 0 Å². The van der Waals surface area contributed by atoms with E-state index in [1.54, 1.807) is 6.21 Å². The summed E-state index contributed by atoms with van der Waals surface area (Å²) in [6.07, 6.45) is 2.46. The Kier molecular flexibility index (Phi) is 6.43. The maximum absolute atomic E-state index is 11.7. The Bertz CT molecular complexity index is 314. The third-order valence-electron chi connectivity index (χ3n) is 3.21. The van der Waals surface area contributed by atoms with E-state index in [2.05, 4.69) is 38.3 Å². The number of hydrogen-bond donors (Lipinski definition) is 0. The van der Waals surface area contributed by atoms with Gasteiger partial charge < -0.3 is 4.43 Å². The molecule has 0 amide bonds. The van der Waals surface area contributed by atoms with Crippen LogP contribution in [0.2, 0.25) is 18.1 Å². The maximum atomic E-state index is 11.7. The van der Waals surface area contributed by atoms with Crippen LogP contribution in [0.1, 0.15) is 48.0 Å². The first-order valence-electron chi connectivity index (χ1n) is 6.46. The fraction of sp³-hybridized carbons (Fsp3) is 0.923. The van der Waals surface area contributed by atoms with Crippen molar-refractivity contribution in [1.82, 2.24) is 0 Å². The number of hydrogen-bond acceptors (Lipinski definition) is 2. The highest BCUT2D eigenvalue weighted by Crippen LogP contribution is 2.36. The summed E-state index contributed by atoms with van der Waals surface area (Å²) >= 11 is 0. The molecule has 0 N–H and O–H groups in total. The van der Waals surface area contributed by atoms with Crippen molar-refractivity contribution in [3.63, 3.8) is 0 Å². The molecule has 18 heavy (non-hydrogen) atoms. The van der Waals surface area contributed by atoms with E-state index in [9.17, 15) is 4.21 Å². The molecule has 0 saturated carbocycles. The van der Waals surface area contributed by atoms with Crippen LogP contribution in [0.3, 0.4) is 0 Å². The lowest BCUT2D eigenvalue weighted by Gasteiger charge is -2.36. The minimum Gasteiger partial charge on any atom is -0.416 e. The monoisotopic (exact) mass is 291 g/mol. The fourth-order valence-corrected chi connectivity index (χ4v) is 2.48. The number of nitrogens with zero attached hydrogens (tertiary/aromatic N) is 1. The van der Waals surface area contributed by atoms with E-state index < -0.39 is 19.3 Å². The van der Waals surface area contributed by atoms with Crippen LogP contribution in [0.15, 0.2) is 4.40 Å². The van der Waals surface area contributed by atoms with Gasteiger partial charge in [-0.05, 0) is 38.9 Å². The standard InChI is InChI=1S/C13H29NO2SSi/c1-12(2,3)17(15)14-10-9-11-16-18(7,8)13(4,5)6/h10H,9,11H2,1-8H3/t17-/m1/s1. The summed E-state index contributed by atoms with van der Waals surface area (Å²) in [5, 5.41) is 0.234. The molecular formula is C13H29NO2SSi. The van der Waals surface area contributed by atoms with Crippen LogP contribution < -0.4 is 0 Å². The van der Waals surface area contributed by atoms with Crippen molar-refractivity contribution in [2.24, 2.45) is 4.40 Å². The van der Waals surface area contributed by atoms with Crippen LogP contribution >= 0.6 is 0 Å². The average Bonchev–Trinajstić information content (AvgIpc) is 2.13. The predicted molar refractivity (Wildman–Crippen MR) is 84.2 cm³/mol. The van der Waals surface area contributed by atoms with E-state index in [1.807, 2.05) is 20.8 Å². The van der Waals surface area contributed by atoms with Gasteiger partial charge in [0.15, 0.2) is 8.32 Å². The molecule has 0 unspecified atom stereocenters. The van der Waals surface area contributed by atoms with Crippen LogP contribution in [0.25, 0.3) is 0 Å². The average molecular weight is 292 g/mol. The third kappa shape index (κ3) is 6.25. The first-order valence-corrected chi connectivity index (χ1v) is 10.5. The molecule has 108 valence electrons. The molecule has 0 spiro atoms. The first kappa shape index (κ1) is 18.0. The lowest BCUT2D eigenvalue weighted by Crippen LogP contribution is -2.41. The van der Waals surface area contributed by atoms with Gasteiger partial charge in [-0.25, -0.2) is 4.21 Å². The molecule has 0 heterocycles. The second-order valence-electron chi connectivity index (χ2n) is 7.05. The molecule has 0 bridgehead atoms. The van der Waals surface area contributed by atoms with Gasteiger partial charge in [-0.1, -0.05) is 20.8 Å². The summed E-state index contributed by atoms with van der Waals surface area (Å²) < 4.78 is 21.5. The van der Waals surface area contributed by atoms with Gasteiger partial charge in [0.1, 0.15) is 11.0 Å². The molecule has 0 saturated heterocycles. The highest BCUT2D eigenvalue weighted by atomic mass is 32.2. The van der Waals surface area contributed by atoms with E-state index in [4.69, 9.17) is 4.43 Å². The second kappa shape index (κ2) is 6.44. The number of rotatable bonds is 5. The van der Waals surface area contributed by atoms with Crippen LogP contribution in [0.4, 0.5) is 0 Å². The van der Waals surface area contributed by atoms with Gasteiger partial charge in [-0.2, -0.15) is 4.40 Å². The second-order valence-corrected chi connectivity index (χ2v) is 13.8. The summed E-state index contributed by atoms with van der Waals surface area (Å²) in [6.45, 7) is 17.6. The molecule has 0 fully saturated rings. The largest absolute Gasteiger partial charge is 0.416 e. The normalized spacial score (nSPS) is 16.2. The van der Waals surface area contributed by atoms with Crippen molar-refractivity contribution < 1.29 is 8.63 Å². The summed E-state index contributed by atoms with van der Waals surface area (Å²) in [4.78, 5) is 0.